The third-order valence-electron chi connectivity index (χ3n) is 3.28. The van der Waals surface area contributed by atoms with E-state index in [1.807, 2.05) is 0 Å². The van der Waals surface area contributed by atoms with Crippen LogP contribution in [0.4, 0.5) is 4.39 Å². The molecule has 17 heavy (non-hydrogen) atoms. The molecule has 1 aliphatic rings. The second-order valence-electron chi connectivity index (χ2n) is 4.28. The number of methoxy groups -OCH3 is 1. The largest absolute Gasteiger partial charge is 0.469 e. The molecule has 0 saturated carbocycles. The number of carbonyl (C=O) groups is 1. The van der Waals surface area contributed by atoms with E-state index in [1.165, 1.54) is 19.2 Å². The number of halogens is 1. The fraction of sp³-hybridized carbons (Fsp3) is 0.462. The van der Waals surface area contributed by atoms with Crippen LogP contribution in [0.3, 0.4) is 0 Å². The van der Waals surface area contributed by atoms with E-state index in [0.717, 1.165) is 25.1 Å². The Balaban J connectivity index is 2.21. The highest BCUT2D eigenvalue weighted by molar-refractivity contribution is 5.73. The molecular weight excluding hydrogens is 221 g/mol. The molecule has 0 aliphatic carbocycles. The molecule has 0 radical (unpaired) electrons. The van der Waals surface area contributed by atoms with E-state index in [1.54, 1.807) is 12.1 Å². The first-order valence-electron chi connectivity index (χ1n) is 5.76. The average Bonchev–Trinajstić information content (AvgIpc) is 2.39. The standard InChI is InChI=1S/C13H16FNO2/c1-17-13(16)11-6-7-15-8-12(11)9-2-4-10(14)5-3-9/h2-5,11-12,15H,6-8H2,1H3/t11-,12?/m1/s1. The van der Waals surface area contributed by atoms with Crippen molar-refractivity contribution in [2.75, 3.05) is 20.2 Å². The Labute approximate surface area is 100.0 Å². The van der Waals surface area contributed by atoms with E-state index < -0.39 is 0 Å². The highest BCUT2D eigenvalue weighted by Gasteiger charge is 2.32. The molecule has 2 atom stereocenters. The molecule has 1 N–H and O–H groups in total. The van der Waals surface area contributed by atoms with Crippen LogP contribution in [-0.2, 0) is 9.53 Å². The minimum atomic E-state index is -0.257. The molecule has 1 unspecified atom stereocenters. The Bertz CT molecular complexity index is 391. The van der Waals surface area contributed by atoms with E-state index in [2.05, 4.69) is 5.32 Å². The maximum Gasteiger partial charge on any atom is 0.309 e. The first-order valence-corrected chi connectivity index (χ1v) is 5.76. The molecule has 0 amide bonds. The van der Waals surface area contributed by atoms with Gasteiger partial charge in [0.05, 0.1) is 13.0 Å². The summed E-state index contributed by atoms with van der Waals surface area (Å²) in [5.41, 5.74) is 0.981. The molecule has 1 fully saturated rings. The summed E-state index contributed by atoms with van der Waals surface area (Å²) in [7, 11) is 1.41. The van der Waals surface area contributed by atoms with Gasteiger partial charge in [-0.1, -0.05) is 12.1 Å². The highest BCUT2D eigenvalue weighted by Crippen LogP contribution is 2.30. The lowest BCUT2D eigenvalue weighted by molar-refractivity contribution is -0.147. The quantitative estimate of drug-likeness (QED) is 0.795. The van der Waals surface area contributed by atoms with Gasteiger partial charge in [0, 0.05) is 12.5 Å². The number of hydrogen-bond acceptors (Lipinski definition) is 3. The van der Waals surface area contributed by atoms with E-state index in [-0.39, 0.29) is 23.6 Å². The summed E-state index contributed by atoms with van der Waals surface area (Å²) >= 11 is 0. The van der Waals surface area contributed by atoms with Crippen LogP contribution in [0.2, 0.25) is 0 Å². The molecule has 0 aromatic heterocycles. The van der Waals surface area contributed by atoms with Crippen LogP contribution in [0.1, 0.15) is 17.9 Å². The number of benzene rings is 1. The maximum absolute atomic E-state index is 12.9. The van der Waals surface area contributed by atoms with Gasteiger partial charge in [-0.2, -0.15) is 0 Å². The Morgan fingerprint density at radius 1 is 1.41 bits per heavy atom. The first-order chi connectivity index (χ1) is 8.22. The van der Waals surface area contributed by atoms with Gasteiger partial charge in [0.2, 0.25) is 0 Å². The smallest absolute Gasteiger partial charge is 0.309 e. The number of nitrogens with one attached hydrogen (secondary N) is 1. The second-order valence-corrected chi connectivity index (χ2v) is 4.28. The zero-order chi connectivity index (χ0) is 12.3. The van der Waals surface area contributed by atoms with Crippen molar-refractivity contribution < 1.29 is 13.9 Å². The lowest BCUT2D eigenvalue weighted by Crippen LogP contribution is -2.39. The fourth-order valence-electron chi connectivity index (χ4n) is 2.35. The zero-order valence-electron chi connectivity index (χ0n) is 9.78. The molecule has 1 heterocycles. The van der Waals surface area contributed by atoms with Crippen LogP contribution >= 0.6 is 0 Å². The van der Waals surface area contributed by atoms with Gasteiger partial charge < -0.3 is 10.1 Å². The van der Waals surface area contributed by atoms with Crippen molar-refractivity contribution >= 4 is 5.97 Å². The Kier molecular flexibility index (Phi) is 3.74. The molecule has 92 valence electrons. The van der Waals surface area contributed by atoms with Gasteiger partial charge in [-0.05, 0) is 30.7 Å². The van der Waals surface area contributed by atoms with Gasteiger partial charge in [-0.3, -0.25) is 4.79 Å². The molecule has 1 aliphatic heterocycles. The van der Waals surface area contributed by atoms with Gasteiger partial charge in [-0.15, -0.1) is 0 Å². The van der Waals surface area contributed by atoms with Crippen molar-refractivity contribution in [3.8, 4) is 0 Å². The van der Waals surface area contributed by atoms with Crippen LogP contribution in [0, 0.1) is 11.7 Å². The number of rotatable bonds is 2. The number of carbonyl (C=O) groups excluding carboxylic acids is 1. The Morgan fingerprint density at radius 3 is 2.76 bits per heavy atom. The van der Waals surface area contributed by atoms with Crippen LogP contribution in [0.5, 0.6) is 0 Å². The third-order valence-corrected chi connectivity index (χ3v) is 3.28. The molecular formula is C13H16FNO2. The lowest BCUT2D eigenvalue weighted by atomic mass is 9.81. The summed E-state index contributed by atoms with van der Waals surface area (Å²) in [5.74, 6) is -0.503. The van der Waals surface area contributed by atoms with Gasteiger partial charge in [0.25, 0.3) is 0 Å². The number of piperidine rings is 1. The normalized spacial score (nSPS) is 24.4. The van der Waals surface area contributed by atoms with Gasteiger partial charge in [0.15, 0.2) is 0 Å². The van der Waals surface area contributed by atoms with E-state index >= 15 is 0 Å². The summed E-state index contributed by atoms with van der Waals surface area (Å²) in [6.07, 6.45) is 0.759. The first kappa shape index (κ1) is 12.0. The molecule has 3 nitrogen and oxygen atoms in total. The van der Waals surface area contributed by atoms with Crippen molar-refractivity contribution in [1.29, 1.82) is 0 Å². The van der Waals surface area contributed by atoms with E-state index in [0.29, 0.717) is 0 Å². The number of ether oxygens (including phenoxy) is 1. The van der Waals surface area contributed by atoms with Crippen LogP contribution in [-0.4, -0.2) is 26.2 Å². The maximum atomic E-state index is 12.9. The fourth-order valence-corrected chi connectivity index (χ4v) is 2.35. The average molecular weight is 237 g/mol. The van der Waals surface area contributed by atoms with Crippen molar-refractivity contribution in [2.24, 2.45) is 5.92 Å². The summed E-state index contributed by atoms with van der Waals surface area (Å²) in [5, 5.41) is 3.26. The molecule has 2 rings (SSSR count). The van der Waals surface area contributed by atoms with Crippen LogP contribution in [0.15, 0.2) is 24.3 Å². The van der Waals surface area contributed by atoms with E-state index in [4.69, 9.17) is 4.74 Å². The monoisotopic (exact) mass is 237 g/mol. The summed E-state index contributed by atoms with van der Waals surface area (Å²) in [6, 6.07) is 6.34. The molecule has 1 aromatic rings. The predicted octanol–water partition coefficient (Wildman–Crippen LogP) is 1.69. The van der Waals surface area contributed by atoms with E-state index in [9.17, 15) is 9.18 Å². The predicted molar refractivity (Wildman–Crippen MR) is 62.1 cm³/mol. The molecule has 0 bridgehead atoms. The SMILES string of the molecule is COC(=O)[C@@H]1CCNCC1c1ccc(F)cc1. The molecule has 0 spiro atoms. The van der Waals surface area contributed by atoms with Gasteiger partial charge >= 0.3 is 5.97 Å². The third kappa shape index (κ3) is 2.64. The summed E-state index contributed by atoms with van der Waals surface area (Å²) in [6.45, 7) is 1.54. The van der Waals surface area contributed by atoms with Crippen molar-refractivity contribution in [2.45, 2.75) is 12.3 Å². The van der Waals surface area contributed by atoms with Gasteiger partial charge in [0.1, 0.15) is 5.82 Å². The molecule has 1 aromatic carbocycles. The Morgan fingerprint density at radius 2 is 2.12 bits per heavy atom. The van der Waals surface area contributed by atoms with Crippen molar-refractivity contribution in [1.82, 2.24) is 5.32 Å². The second kappa shape index (κ2) is 5.27. The Hall–Kier alpha value is -1.42. The van der Waals surface area contributed by atoms with Gasteiger partial charge in [-0.25, -0.2) is 4.39 Å². The molecule has 1 saturated heterocycles. The number of esters is 1. The number of hydrogen-bond donors (Lipinski definition) is 1. The van der Waals surface area contributed by atoms with Crippen LogP contribution < -0.4 is 5.32 Å². The summed E-state index contributed by atoms with van der Waals surface area (Å²) < 4.78 is 17.7. The summed E-state index contributed by atoms with van der Waals surface area (Å²) in [4.78, 5) is 11.7. The minimum Gasteiger partial charge on any atom is -0.469 e. The van der Waals surface area contributed by atoms with Crippen LogP contribution in [0.25, 0.3) is 0 Å². The molecule has 4 heteroatoms. The van der Waals surface area contributed by atoms with Crippen molar-refractivity contribution in [3.05, 3.63) is 35.6 Å². The highest BCUT2D eigenvalue weighted by atomic mass is 19.1. The minimum absolute atomic E-state index is 0.0665. The lowest BCUT2D eigenvalue weighted by Gasteiger charge is -2.30. The topological polar surface area (TPSA) is 38.3 Å². The van der Waals surface area contributed by atoms with Crippen molar-refractivity contribution in [3.63, 3.8) is 0 Å². The zero-order valence-corrected chi connectivity index (χ0v) is 9.78.